The van der Waals surface area contributed by atoms with E-state index in [0.717, 1.165) is 17.1 Å². The summed E-state index contributed by atoms with van der Waals surface area (Å²) >= 11 is 0. The third-order valence-electron chi connectivity index (χ3n) is 5.62. The highest BCUT2D eigenvalue weighted by Crippen LogP contribution is 2.17. The Morgan fingerprint density at radius 3 is 2.56 bits per heavy atom. The van der Waals surface area contributed by atoms with Gasteiger partial charge in [0.05, 0.1) is 26.3 Å². The molecule has 0 spiro atoms. The lowest BCUT2D eigenvalue weighted by atomic mass is 10.2. The lowest BCUT2D eigenvalue weighted by Gasteiger charge is -2.26. The normalized spacial score (nSPS) is 17.3. The summed E-state index contributed by atoms with van der Waals surface area (Å²) in [5.74, 6) is 1.55. The van der Waals surface area contributed by atoms with Crippen molar-refractivity contribution in [2.75, 3.05) is 46.4 Å². The molecular weight excluding hydrogens is 410 g/mol. The van der Waals surface area contributed by atoms with Crippen molar-refractivity contribution in [3.63, 3.8) is 0 Å². The van der Waals surface area contributed by atoms with Crippen LogP contribution in [0.5, 0.6) is 5.75 Å². The molecule has 0 bridgehead atoms. The van der Waals surface area contributed by atoms with Crippen molar-refractivity contribution in [3.05, 3.63) is 48.0 Å². The average Bonchev–Trinajstić information content (AvgIpc) is 3.26. The Morgan fingerprint density at radius 2 is 1.94 bits per heavy atom. The second-order valence-corrected chi connectivity index (χ2v) is 7.83. The smallest absolute Gasteiger partial charge is 0.248 e. The van der Waals surface area contributed by atoms with Crippen LogP contribution >= 0.6 is 0 Å². The minimum Gasteiger partial charge on any atom is -0.497 e. The van der Waals surface area contributed by atoms with Crippen molar-refractivity contribution in [3.8, 4) is 5.75 Å². The molecule has 9 heteroatoms. The van der Waals surface area contributed by atoms with Crippen LogP contribution in [0.2, 0.25) is 0 Å². The van der Waals surface area contributed by atoms with Crippen LogP contribution < -0.4 is 4.74 Å². The van der Waals surface area contributed by atoms with E-state index in [0.29, 0.717) is 39.3 Å². The minimum absolute atomic E-state index is 0.00546. The summed E-state index contributed by atoms with van der Waals surface area (Å²) in [6.07, 6.45) is 3.18. The van der Waals surface area contributed by atoms with Crippen LogP contribution in [0.3, 0.4) is 0 Å². The fraction of sp³-hybridized carbons (Fsp3) is 0.522. The number of benzene rings is 1. The van der Waals surface area contributed by atoms with Gasteiger partial charge in [-0.3, -0.25) is 14.5 Å². The first-order valence-corrected chi connectivity index (χ1v) is 11.0. The molecule has 3 rings (SSSR count). The molecular formula is C23H33N5O4. The second kappa shape index (κ2) is 11.6. The van der Waals surface area contributed by atoms with E-state index in [9.17, 15) is 9.59 Å². The molecule has 1 saturated heterocycles. The predicted octanol–water partition coefficient (Wildman–Crippen LogP) is 1.52. The monoisotopic (exact) mass is 443 g/mol. The van der Waals surface area contributed by atoms with Crippen LogP contribution in [0.4, 0.5) is 0 Å². The second-order valence-electron chi connectivity index (χ2n) is 7.83. The van der Waals surface area contributed by atoms with Gasteiger partial charge in [-0.15, -0.1) is 0 Å². The van der Waals surface area contributed by atoms with Gasteiger partial charge in [0.1, 0.15) is 18.2 Å². The topological polar surface area (TPSA) is 91.0 Å². The molecule has 1 aliphatic rings. The maximum Gasteiger partial charge on any atom is 0.248 e. The van der Waals surface area contributed by atoms with E-state index in [2.05, 4.69) is 9.97 Å². The highest BCUT2D eigenvalue weighted by Gasteiger charge is 2.29. The number of hydrogen-bond acceptors (Lipinski definition) is 6. The number of H-pyrrole nitrogens is 1. The SMILES string of the molecule is CCN(CC)C(=O)COC1CN(Cc2ncc[nH]2)CC(=O)N(Cc2ccc(OC)cc2)C1. The number of hydrogen-bond donors (Lipinski definition) is 1. The van der Waals surface area contributed by atoms with Crippen molar-refractivity contribution >= 4 is 11.8 Å². The molecule has 2 heterocycles. The van der Waals surface area contributed by atoms with E-state index in [1.807, 2.05) is 43.0 Å². The number of amides is 2. The number of imidazole rings is 1. The van der Waals surface area contributed by atoms with Crippen LogP contribution in [0, 0.1) is 0 Å². The molecule has 1 unspecified atom stereocenters. The van der Waals surface area contributed by atoms with Gasteiger partial charge in [-0.2, -0.15) is 0 Å². The number of rotatable bonds is 10. The summed E-state index contributed by atoms with van der Waals surface area (Å²) in [7, 11) is 1.63. The van der Waals surface area contributed by atoms with Gasteiger partial charge in [0.25, 0.3) is 0 Å². The van der Waals surface area contributed by atoms with Crippen molar-refractivity contribution < 1.29 is 19.1 Å². The predicted molar refractivity (Wildman–Crippen MR) is 120 cm³/mol. The number of carbonyl (C=O) groups excluding carboxylic acids is 2. The van der Waals surface area contributed by atoms with Gasteiger partial charge in [0.2, 0.25) is 11.8 Å². The first-order valence-electron chi connectivity index (χ1n) is 11.0. The summed E-state index contributed by atoms with van der Waals surface area (Å²) in [5, 5.41) is 0. The number of ether oxygens (including phenoxy) is 2. The highest BCUT2D eigenvalue weighted by molar-refractivity contribution is 5.79. The van der Waals surface area contributed by atoms with Crippen LogP contribution in [0.25, 0.3) is 0 Å². The lowest BCUT2D eigenvalue weighted by molar-refractivity contribution is -0.138. The molecule has 2 amide bonds. The van der Waals surface area contributed by atoms with E-state index in [1.54, 1.807) is 29.3 Å². The Balaban J connectivity index is 1.70. The number of aromatic amines is 1. The standard InChI is InChI=1S/C23H33N5O4/c1-4-27(5-2)23(30)17-32-20-13-26(15-21-24-10-11-25-21)16-22(29)28(14-20)12-18-6-8-19(31-3)9-7-18/h6-11,20H,4-5,12-17H2,1-3H3,(H,24,25). The van der Waals surface area contributed by atoms with Gasteiger partial charge in [-0.05, 0) is 31.5 Å². The fourth-order valence-corrected chi connectivity index (χ4v) is 3.83. The Kier molecular flexibility index (Phi) is 8.64. The van der Waals surface area contributed by atoms with Crippen molar-refractivity contribution in [1.29, 1.82) is 0 Å². The third-order valence-corrected chi connectivity index (χ3v) is 5.62. The maximum atomic E-state index is 13.1. The number of methoxy groups -OCH3 is 1. The van der Waals surface area contributed by atoms with Gasteiger partial charge in [-0.25, -0.2) is 4.98 Å². The number of nitrogens with one attached hydrogen (secondary N) is 1. The molecule has 1 aliphatic heterocycles. The largest absolute Gasteiger partial charge is 0.497 e. The fourth-order valence-electron chi connectivity index (χ4n) is 3.83. The lowest BCUT2D eigenvalue weighted by Crippen LogP contribution is -2.40. The number of aromatic nitrogens is 2. The van der Waals surface area contributed by atoms with Gasteiger partial charge < -0.3 is 24.3 Å². The van der Waals surface area contributed by atoms with Gasteiger partial charge in [0, 0.05) is 45.1 Å². The molecule has 9 nitrogen and oxygen atoms in total. The van der Waals surface area contributed by atoms with E-state index in [4.69, 9.17) is 9.47 Å². The minimum atomic E-state index is -0.283. The van der Waals surface area contributed by atoms with Gasteiger partial charge >= 0.3 is 0 Å². The highest BCUT2D eigenvalue weighted by atomic mass is 16.5. The molecule has 174 valence electrons. The first kappa shape index (κ1) is 23.7. The van der Waals surface area contributed by atoms with Crippen LogP contribution in [-0.4, -0.2) is 89.0 Å². The summed E-state index contributed by atoms with van der Waals surface area (Å²) in [6, 6.07) is 7.68. The number of carbonyl (C=O) groups is 2. The molecule has 1 aromatic heterocycles. The zero-order valence-electron chi connectivity index (χ0n) is 19.1. The summed E-state index contributed by atoms with van der Waals surface area (Å²) in [6.45, 7) is 7.42. The average molecular weight is 444 g/mol. The molecule has 1 N–H and O–H groups in total. The summed E-state index contributed by atoms with van der Waals surface area (Å²) < 4.78 is 11.3. The summed E-state index contributed by atoms with van der Waals surface area (Å²) in [4.78, 5) is 38.4. The van der Waals surface area contributed by atoms with E-state index in [1.165, 1.54) is 0 Å². The van der Waals surface area contributed by atoms with Crippen LogP contribution in [0.1, 0.15) is 25.2 Å². The Hall–Kier alpha value is -2.91. The Labute approximate surface area is 189 Å². The number of nitrogens with zero attached hydrogens (tertiary/aromatic N) is 4. The molecule has 1 fully saturated rings. The molecule has 1 aromatic carbocycles. The van der Waals surface area contributed by atoms with E-state index >= 15 is 0 Å². The van der Waals surface area contributed by atoms with E-state index in [-0.39, 0.29) is 31.1 Å². The molecule has 32 heavy (non-hydrogen) atoms. The van der Waals surface area contributed by atoms with Crippen LogP contribution in [0.15, 0.2) is 36.7 Å². The Bertz CT molecular complexity index is 852. The zero-order chi connectivity index (χ0) is 22.9. The van der Waals surface area contributed by atoms with E-state index < -0.39 is 0 Å². The maximum absolute atomic E-state index is 13.1. The van der Waals surface area contributed by atoms with Crippen molar-refractivity contribution in [2.24, 2.45) is 0 Å². The van der Waals surface area contributed by atoms with Gasteiger partial charge in [0.15, 0.2) is 0 Å². The molecule has 1 atom stereocenters. The molecule has 2 aromatic rings. The molecule has 0 radical (unpaired) electrons. The molecule has 0 aliphatic carbocycles. The summed E-state index contributed by atoms with van der Waals surface area (Å²) in [5.41, 5.74) is 1.01. The van der Waals surface area contributed by atoms with Crippen molar-refractivity contribution in [1.82, 2.24) is 24.7 Å². The van der Waals surface area contributed by atoms with Crippen LogP contribution in [-0.2, 0) is 27.4 Å². The first-order chi connectivity index (χ1) is 15.5. The third kappa shape index (κ3) is 6.54. The quantitative estimate of drug-likeness (QED) is 0.599. The Morgan fingerprint density at radius 1 is 1.19 bits per heavy atom. The number of likely N-dealkylation sites (N-methyl/N-ethyl adjacent to an activating group) is 1. The zero-order valence-corrected chi connectivity index (χ0v) is 19.1. The van der Waals surface area contributed by atoms with Crippen molar-refractivity contribution in [2.45, 2.75) is 33.0 Å². The van der Waals surface area contributed by atoms with Gasteiger partial charge in [-0.1, -0.05) is 12.1 Å². The molecule has 0 saturated carbocycles.